The molecule has 2 N–H and O–H groups in total. The maximum atomic E-state index is 15.1. The number of aryl methyl sites for hydroxylation is 1. The molecule has 0 radical (unpaired) electrons. The van der Waals surface area contributed by atoms with Crippen molar-refractivity contribution in [2.24, 2.45) is 7.05 Å². The normalized spacial score (nSPS) is 17.1. The summed E-state index contributed by atoms with van der Waals surface area (Å²) in [6.45, 7) is 0.221. The van der Waals surface area contributed by atoms with E-state index in [9.17, 15) is 22.4 Å². The van der Waals surface area contributed by atoms with E-state index in [1.165, 1.54) is 15.5 Å². The second-order valence-electron chi connectivity index (χ2n) is 9.39. The number of hydrogen-bond donors (Lipinski definition) is 2. The number of nitrogens with zero attached hydrogens (tertiary/aromatic N) is 3. The number of anilines is 2. The SMILES string of the molecule is Cn1cc2c3c(c[nH]c3c1=O)CN(c1ncc(F)cc1F)c1cc3c(cc1-2)[C@@H](S(C)(=O)=O)CCNC3=O. The molecule has 4 aromatic rings. The summed E-state index contributed by atoms with van der Waals surface area (Å²) in [5.41, 5.74) is 2.66. The number of carbonyl (C=O) groups excluding carboxylic acids is 1. The number of H-pyrrole nitrogens is 1. The minimum atomic E-state index is -3.60. The molecule has 2 aliphatic rings. The maximum absolute atomic E-state index is 15.1. The summed E-state index contributed by atoms with van der Waals surface area (Å²) in [5.74, 6) is -2.38. The van der Waals surface area contributed by atoms with Crippen LogP contribution in [0.25, 0.3) is 22.0 Å². The Morgan fingerprint density at radius 3 is 2.62 bits per heavy atom. The average molecular weight is 526 g/mol. The number of halogens is 2. The maximum Gasteiger partial charge on any atom is 0.274 e. The predicted molar refractivity (Wildman–Crippen MR) is 134 cm³/mol. The number of aromatic amines is 1. The summed E-state index contributed by atoms with van der Waals surface area (Å²) < 4.78 is 55.7. The first-order chi connectivity index (χ1) is 17.5. The Morgan fingerprint density at radius 1 is 1.11 bits per heavy atom. The van der Waals surface area contributed by atoms with Crippen molar-refractivity contribution in [1.82, 2.24) is 19.9 Å². The molecule has 0 bridgehead atoms. The van der Waals surface area contributed by atoms with Crippen molar-refractivity contribution in [3.05, 3.63) is 75.5 Å². The molecule has 0 unspecified atom stereocenters. The number of carbonyl (C=O) groups is 1. The van der Waals surface area contributed by atoms with E-state index in [0.717, 1.165) is 18.5 Å². The van der Waals surface area contributed by atoms with Gasteiger partial charge < -0.3 is 19.8 Å². The zero-order chi connectivity index (χ0) is 26.2. The van der Waals surface area contributed by atoms with Crippen LogP contribution >= 0.6 is 0 Å². The highest BCUT2D eigenvalue weighted by molar-refractivity contribution is 7.90. The topological polar surface area (TPSA) is 117 Å². The van der Waals surface area contributed by atoms with Crippen LogP contribution in [0.3, 0.4) is 0 Å². The first-order valence-corrected chi connectivity index (χ1v) is 13.4. The van der Waals surface area contributed by atoms with Gasteiger partial charge in [-0.25, -0.2) is 22.2 Å². The molecular weight excluding hydrogens is 504 g/mol. The monoisotopic (exact) mass is 525 g/mol. The number of rotatable bonds is 2. The van der Waals surface area contributed by atoms with Gasteiger partial charge >= 0.3 is 0 Å². The van der Waals surface area contributed by atoms with E-state index in [1.807, 2.05) is 0 Å². The Bertz CT molecular complexity index is 1810. The number of aromatic nitrogens is 3. The zero-order valence-corrected chi connectivity index (χ0v) is 20.6. The highest BCUT2D eigenvalue weighted by Gasteiger charge is 2.35. The fourth-order valence-corrected chi connectivity index (χ4v) is 6.53. The van der Waals surface area contributed by atoms with Gasteiger partial charge in [0.15, 0.2) is 21.5 Å². The van der Waals surface area contributed by atoms with Crippen LogP contribution < -0.4 is 15.8 Å². The van der Waals surface area contributed by atoms with Crippen molar-refractivity contribution in [3.63, 3.8) is 0 Å². The molecule has 2 aliphatic heterocycles. The summed E-state index contributed by atoms with van der Waals surface area (Å²) in [6, 6.07) is 3.88. The smallest absolute Gasteiger partial charge is 0.274 e. The number of fused-ring (bicyclic) bond motifs is 3. The van der Waals surface area contributed by atoms with Crippen LogP contribution in [-0.4, -0.2) is 41.7 Å². The van der Waals surface area contributed by atoms with Crippen LogP contribution in [0.5, 0.6) is 0 Å². The van der Waals surface area contributed by atoms with Gasteiger partial charge in [0.05, 0.1) is 23.7 Å². The molecular formula is C25H21F2N5O4S. The molecule has 37 heavy (non-hydrogen) atoms. The molecule has 0 saturated heterocycles. The number of sulfone groups is 1. The molecule has 5 heterocycles. The fourth-order valence-electron chi connectivity index (χ4n) is 5.33. The lowest BCUT2D eigenvalue weighted by molar-refractivity contribution is 0.0956. The van der Waals surface area contributed by atoms with E-state index in [-0.39, 0.29) is 36.5 Å². The third-order valence-corrected chi connectivity index (χ3v) is 8.53. The third-order valence-electron chi connectivity index (χ3n) is 7.01. The predicted octanol–water partition coefficient (Wildman–Crippen LogP) is 3.08. The van der Waals surface area contributed by atoms with E-state index in [0.29, 0.717) is 38.8 Å². The molecule has 3 aromatic heterocycles. The van der Waals surface area contributed by atoms with Crippen molar-refractivity contribution >= 4 is 38.2 Å². The second kappa shape index (κ2) is 7.97. The van der Waals surface area contributed by atoms with Crippen molar-refractivity contribution in [2.75, 3.05) is 17.7 Å². The van der Waals surface area contributed by atoms with Gasteiger partial charge in [-0.1, -0.05) is 0 Å². The lowest BCUT2D eigenvalue weighted by Gasteiger charge is -2.27. The van der Waals surface area contributed by atoms with Gasteiger partial charge in [0.25, 0.3) is 11.5 Å². The van der Waals surface area contributed by atoms with Gasteiger partial charge in [0, 0.05) is 60.4 Å². The Labute approximate surface area is 209 Å². The second-order valence-corrected chi connectivity index (χ2v) is 11.6. The summed E-state index contributed by atoms with van der Waals surface area (Å²) in [7, 11) is -2.00. The van der Waals surface area contributed by atoms with Crippen LogP contribution in [-0.2, 0) is 23.4 Å². The summed E-state index contributed by atoms with van der Waals surface area (Å²) in [5, 5.41) is 2.39. The molecule has 0 aliphatic carbocycles. The van der Waals surface area contributed by atoms with Gasteiger partial charge in [-0.05, 0) is 29.7 Å². The number of hydrogen-bond acceptors (Lipinski definition) is 6. The minimum Gasteiger partial charge on any atom is -0.356 e. The Morgan fingerprint density at radius 2 is 1.89 bits per heavy atom. The molecule has 0 spiro atoms. The van der Waals surface area contributed by atoms with E-state index in [2.05, 4.69) is 15.3 Å². The van der Waals surface area contributed by atoms with Gasteiger partial charge in [-0.3, -0.25) is 9.59 Å². The summed E-state index contributed by atoms with van der Waals surface area (Å²) >= 11 is 0. The molecule has 0 saturated carbocycles. The quantitative estimate of drug-likeness (QED) is 0.416. The Kier molecular flexibility index (Phi) is 5.03. The van der Waals surface area contributed by atoms with Crippen LogP contribution in [0.4, 0.5) is 20.3 Å². The Hall–Kier alpha value is -4.06. The largest absolute Gasteiger partial charge is 0.356 e. The van der Waals surface area contributed by atoms with Crippen molar-refractivity contribution in [1.29, 1.82) is 0 Å². The van der Waals surface area contributed by atoms with Gasteiger partial charge in [-0.2, -0.15) is 0 Å². The Balaban J connectivity index is 1.75. The molecule has 0 fully saturated rings. The molecule has 1 amide bonds. The standard InChI is InChI=1S/C25H21F2N5O4S/c1-31-11-17-14-6-15-16(24(33)28-4-3-20(15)37(2,35)36)7-19(14)32(23-18(27)5-13(26)9-30-23)10-12-8-29-22(21(12)17)25(31)34/h5-9,11,20,29H,3-4,10H2,1-2H3,(H,28,33)/t20-/m0/s1. The highest BCUT2D eigenvalue weighted by Crippen LogP contribution is 2.46. The minimum absolute atomic E-state index is 0.0542. The van der Waals surface area contributed by atoms with Crippen molar-refractivity contribution in [2.45, 2.75) is 18.2 Å². The van der Waals surface area contributed by atoms with E-state index in [1.54, 1.807) is 25.5 Å². The van der Waals surface area contributed by atoms with Gasteiger partial charge in [0.1, 0.15) is 11.3 Å². The van der Waals surface area contributed by atoms with Crippen LogP contribution in [0, 0.1) is 11.6 Å². The number of benzene rings is 1. The van der Waals surface area contributed by atoms with Crippen LogP contribution in [0.2, 0.25) is 0 Å². The molecule has 1 atom stereocenters. The van der Waals surface area contributed by atoms with Crippen LogP contribution in [0.15, 0.2) is 41.6 Å². The molecule has 190 valence electrons. The fraction of sp³-hybridized carbons (Fsp3) is 0.240. The lowest BCUT2D eigenvalue weighted by atomic mass is 9.93. The molecule has 6 rings (SSSR count). The van der Waals surface area contributed by atoms with E-state index < -0.39 is 32.6 Å². The average Bonchev–Trinajstić information content (AvgIpc) is 3.11. The van der Waals surface area contributed by atoms with E-state index in [4.69, 9.17) is 0 Å². The van der Waals surface area contributed by atoms with Crippen molar-refractivity contribution < 1.29 is 22.0 Å². The summed E-state index contributed by atoms with van der Waals surface area (Å²) in [6.07, 6.45) is 5.49. The third kappa shape index (κ3) is 3.54. The number of pyridine rings is 2. The van der Waals surface area contributed by atoms with E-state index >= 15 is 4.39 Å². The number of nitrogens with one attached hydrogen (secondary N) is 2. The molecule has 1 aromatic carbocycles. The first kappa shape index (κ1) is 23.3. The molecule has 9 nitrogen and oxygen atoms in total. The summed E-state index contributed by atoms with van der Waals surface area (Å²) in [4.78, 5) is 34.4. The number of amides is 1. The lowest BCUT2D eigenvalue weighted by Crippen LogP contribution is -2.24. The van der Waals surface area contributed by atoms with Crippen LogP contribution in [0.1, 0.15) is 33.2 Å². The first-order valence-electron chi connectivity index (χ1n) is 11.5. The van der Waals surface area contributed by atoms with Gasteiger partial charge in [0.2, 0.25) is 0 Å². The van der Waals surface area contributed by atoms with Gasteiger partial charge in [-0.15, -0.1) is 0 Å². The van der Waals surface area contributed by atoms with Crippen molar-refractivity contribution in [3.8, 4) is 11.1 Å². The highest BCUT2D eigenvalue weighted by atomic mass is 32.2. The molecule has 12 heteroatoms. The zero-order valence-electron chi connectivity index (χ0n) is 19.8.